The van der Waals surface area contributed by atoms with Crippen molar-refractivity contribution in [3.63, 3.8) is 0 Å². The Bertz CT molecular complexity index is 972. The maximum absolute atomic E-state index is 4.39. The number of hydrogen-bond acceptors (Lipinski definition) is 2. The van der Waals surface area contributed by atoms with E-state index in [4.69, 9.17) is 0 Å². The molecule has 0 unspecified atom stereocenters. The molecule has 2 aromatic heterocycles. The summed E-state index contributed by atoms with van der Waals surface area (Å²) in [5.74, 6) is 0. The molecule has 0 saturated heterocycles. The predicted octanol–water partition coefficient (Wildman–Crippen LogP) is 4.82. The van der Waals surface area contributed by atoms with E-state index >= 15 is 0 Å². The first-order valence-electron chi connectivity index (χ1n) is 8.51. The third-order valence-electron chi connectivity index (χ3n) is 5.69. The van der Waals surface area contributed by atoms with E-state index < -0.39 is 0 Å². The number of benzene rings is 2. The summed E-state index contributed by atoms with van der Waals surface area (Å²) in [6.07, 6.45) is 7.77. The Hall–Kier alpha value is -3.26. The number of rotatable bonds is 0. The highest BCUT2D eigenvalue weighted by molar-refractivity contribution is 5.94. The Kier molecular flexibility index (Phi) is 2.31. The van der Waals surface area contributed by atoms with Gasteiger partial charge in [-0.05, 0) is 45.5 Å². The molecule has 2 heterocycles. The van der Waals surface area contributed by atoms with Crippen molar-refractivity contribution in [2.45, 2.75) is 5.41 Å². The highest BCUT2D eigenvalue weighted by atomic mass is 14.7. The molecule has 25 heavy (non-hydrogen) atoms. The van der Waals surface area contributed by atoms with Crippen LogP contribution >= 0.6 is 0 Å². The molecule has 0 amide bonds. The second-order valence-electron chi connectivity index (χ2n) is 6.68. The van der Waals surface area contributed by atoms with Gasteiger partial charge in [0.05, 0.1) is 5.41 Å². The fourth-order valence-electron chi connectivity index (χ4n) is 4.83. The van der Waals surface area contributed by atoms with Crippen LogP contribution in [0.3, 0.4) is 0 Å². The summed E-state index contributed by atoms with van der Waals surface area (Å²) in [6, 6.07) is 21.9. The summed E-state index contributed by atoms with van der Waals surface area (Å²) in [6.45, 7) is 0. The van der Waals surface area contributed by atoms with Crippen molar-refractivity contribution >= 4 is 0 Å². The van der Waals surface area contributed by atoms with E-state index in [2.05, 4.69) is 70.6 Å². The molecule has 0 saturated carbocycles. The van der Waals surface area contributed by atoms with E-state index in [1.807, 2.05) is 24.8 Å². The number of aromatic nitrogens is 2. The van der Waals surface area contributed by atoms with Gasteiger partial charge in [0.25, 0.3) is 0 Å². The second-order valence-corrected chi connectivity index (χ2v) is 6.68. The van der Waals surface area contributed by atoms with Gasteiger partial charge in [-0.3, -0.25) is 9.97 Å². The SMILES string of the molecule is c1ccc2c(c1)-c1ccccc1C21c2ccncc2-c2cnccc21. The molecule has 0 N–H and O–H groups in total. The molecule has 2 nitrogen and oxygen atoms in total. The van der Waals surface area contributed by atoms with E-state index in [9.17, 15) is 0 Å². The molecular formula is C23H14N2. The van der Waals surface area contributed by atoms with E-state index in [1.165, 1.54) is 44.5 Å². The fraction of sp³-hybridized carbons (Fsp3) is 0.0435. The summed E-state index contributed by atoms with van der Waals surface area (Å²) in [7, 11) is 0. The Morgan fingerprint density at radius 2 is 0.920 bits per heavy atom. The second kappa shape index (κ2) is 4.42. The van der Waals surface area contributed by atoms with Gasteiger partial charge < -0.3 is 0 Å². The molecular weight excluding hydrogens is 304 g/mol. The average Bonchev–Trinajstić information content (AvgIpc) is 3.16. The van der Waals surface area contributed by atoms with Crippen molar-refractivity contribution in [3.05, 3.63) is 108 Å². The largest absolute Gasteiger partial charge is 0.264 e. The van der Waals surface area contributed by atoms with Crippen LogP contribution in [0.5, 0.6) is 0 Å². The monoisotopic (exact) mass is 318 g/mol. The van der Waals surface area contributed by atoms with Crippen molar-refractivity contribution in [1.82, 2.24) is 9.97 Å². The molecule has 116 valence electrons. The molecule has 0 fully saturated rings. The predicted molar refractivity (Wildman–Crippen MR) is 98.3 cm³/mol. The highest BCUT2D eigenvalue weighted by Gasteiger charge is 2.51. The van der Waals surface area contributed by atoms with Crippen LogP contribution in [0.1, 0.15) is 22.3 Å². The molecule has 2 aromatic carbocycles. The molecule has 2 aliphatic rings. The summed E-state index contributed by atoms with van der Waals surface area (Å²) in [5.41, 5.74) is 10.1. The third-order valence-corrected chi connectivity index (χ3v) is 5.69. The number of nitrogens with zero attached hydrogens (tertiary/aromatic N) is 2. The van der Waals surface area contributed by atoms with Crippen molar-refractivity contribution < 1.29 is 0 Å². The van der Waals surface area contributed by atoms with Crippen LogP contribution in [-0.4, -0.2) is 9.97 Å². The molecule has 2 heteroatoms. The zero-order chi connectivity index (χ0) is 16.4. The van der Waals surface area contributed by atoms with Crippen molar-refractivity contribution in [3.8, 4) is 22.3 Å². The maximum Gasteiger partial charge on any atom is 0.0727 e. The Morgan fingerprint density at radius 1 is 0.480 bits per heavy atom. The third kappa shape index (κ3) is 1.38. The summed E-state index contributed by atoms with van der Waals surface area (Å²) in [4.78, 5) is 8.79. The molecule has 0 atom stereocenters. The van der Waals surface area contributed by atoms with Crippen LogP contribution in [0, 0.1) is 0 Å². The summed E-state index contributed by atoms with van der Waals surface area (Å²) in [5, 5.41) is 0. The van der Waals surface area contributed by atoms with Gasteiger partial charge in [0.15, 0.2) is 0 Å². The Balaban J connectivity index is 1.89. The zero-order valence-corrected chi connectivity index (χ0v) is 13.5. The molecule has 1 spiro atoms. The average molecular weight is 318 g/mol. The number of fused-ring (bicyclic) bond motifs is 10. The number of hydrogen-bond donors (Lipinski definition) is 0. The minimum atomic E-state index is -0.260. The van der Waals surface area contributed by atoms with Gasteiger partial charge in [-0.1, -0.05) is 48.5 Å². The van der Waals surface area contributed by atoms with Crippen LogP contribution in [0.4, 0.5) is 0 Å². The van der Waals surface area contributed by atoms with Crippen LogP contribution in [0.15, 0.2) is 85.5 Å². The minimum absolute atomic E-state index is 0.260. The maximum atomic E-state index is 4.39. The van der Waals surface area contributed by atoms with Crippen LogP contribution in [-0.2, 0) is 5.41 Å². The van der Waals surface area contributed by atoms with Crippen LogP contribution in [0.25, 0.3) is 22.3 Å². The van der Waals surface area contributed by atoms with E-state index in [1.54, 1.807) is 0 Å². The van der Waals surface area contributed by atoms with Crippen LogP contribution < -0.4 is 0 Å². The van der Waals surface area contributed by atoms with Crippen molar-refractivity contribution in [1.29, 1.82) is 0 Å². The molecule has 0 aliphatic heterocycles. The minimum Gasteiger partial charge on any atom is -0.264 e. The van der Waals surface area contributed by atoms with Crippen molar-refractivity contribution in [2.24, 2.45) is 0 Å². The van der Waals surface area contributed by atoms with Crippen molar-refractivity contribution in [2.75, 3.05) is 0 Å². The lowest BCUT2D eigenvalue weighted by Gasteiger charge is -2.30. The topological polar surface area (TPSA) is 25.8 Å². The van der Waals surface area contributed by atoms with Gasteiger partial charge >= 0.3 is 0 Å². The van der Waals surface area contributed by atoms with E-state index in [-0.39, 0.29) is 5.41 Å². The van der Waals surface area contributed by atoms with Gasteiger partial charge in [0, 0.05) is 35.9 Å². The summed E-state index contributed by atoms with van der Waals surface area (Å²) < 4.78 is 0. The van der Waals surface area contributed by atoms with Gasteiger partial charge in [-0.15, -0.1) is 0 Å². The van der Waals surface area contributed by atoms with E-state index in [0.717, 1.165) is 0 Å². The Morgan fingerprint density at radius 3 is 1.44 bits per heavy atom. The molecule has 2 aliphatic carbocycles. The molecule has 6 rings (SSSR count). The quantitative estimate of drug-likeness (QED) is 0.401. The molecule has 0 radical (unpaired) electrons. The highest BCUT2D eigenvalue weighted by Crippen LogP contribution is 2.62. The lowest BCUT2D eigenvalue weighted by atomic mass is 9.71. The van der Waals surface area contributed by atoms with Crippen LogP contribution in [0.2, 0.25) is 0 Å². The first-order valence-corrected chi connectivity index (χ1v) is 8.51. The lowest BCUT2D eigenvalue weighted by molar-refractivity contribution is 0.791. The molecule has 4 aromatic rings. The number of pyridine rings is 2. The molecule has 0 bridgehead atoms. The smallest absolute Gasteiger partial charge is 0.0727 e. The fourth-order valence-corrected chi connectivity index (χ4v) is 4.83. The van der Waals surface area contributed by atoms with Gasteiger partial charge in [-0.2, -0.15) is 0 Å². The standard InChI is InChI=1S/C23H14N2/c1-3-7-19-15(5-1)16-6-2-4-8-20(16)23(19)21-9-11-24-13-17(21)18-14-25-12-10-22(18)23/h1-14H. The zero-order valence-electron chi connectivity index (χ0n) is 13.5. The van der Waals surface area contributed by atoms with Gasteiger partial charge in [0.2, 0.25) is 0 Å². The first-order chi connectivity index (χ1) is 12.4. The normalized spacial score (nSPS) is 14.7. The summed E-state index contributed by atoms with van der Waals surface area (Å²) >= 11 is 0. The lowest BCUT2D eigenvalue weighted by Crippen LogP contribution is -2.25. The van der Waals surface area contributed by atoms with Gasteiger partial charge in [0.1, 0.15) is 0 Å². The Labute approximate surface area is 145 Å². The first kappa shape index (κ1) is 13.1. The van der Waals surface area contributed by atoms with Gasteiger partial charge in [-0.25, -0.2) is 0 Å². The van der Waals surface area contributed by atoms with E-state index in [0.29, 0.717) is 0 Å².